The van der Waals surface area contributed by atoms with Gasteiger partial charge in [-0.2, -0.15) is 4.99 Å². The predicted molar refractivity (Wildman–Crippen MR) is 98.6 cm³/mol. The van der Waals surface area contributed by atoms with E-state index in [1.54, 1.807) is 29.6 Å². The van der Waals surface area contributed by atoms with E-state index in [1.807, 2.05) is 0 Å². The first-order valence-electron chi connectivity index (χ1n) is 7.65. The average molecular weight is 373 g/mol. The molecule has 0 radical (unpaired) electrons. The number of carbonyl (C=O) groups is 1. The molecule has 3 aromatic rings. The van der Waals surface area contributed by atoms with Crippen molar-refractivity contribution in [3.05, 3.63) is 53.4 Å². The largest absolute Gasteiger partial charge is 0.458 e. The van der Waals surface area contributed by atoms with Gasteiger partial charge in [-0.15, -0.1) is 11.3 Å². The van der Waals surface area contributed by atoms with Gasteiger partial charge in [0.1, 0.15) is 17.3 Å². The van der Waals surface area contributed by atoms with Crippen LogP contribution in [0.25, 0.3) is 11.5 Å². The maximum Gasteiger partial charge on any atom is 0.217 e. The minimum atomic E-state index is -0.327. The third-order valence-electron chi connectivity index (χ3n) is 3.25. The molecule has 3 rings (SSSR count). The van der Waals surface area contributed by atoms with Gasteiger partial charge in [-0.1, -0.05) is 0 Å². The summed E-state index contributed by atoms with van der Waals surface area (Å²) in [6.45, 7) is 1.76. The molecule has 0 aliphatic rings. The molecular formula is C17H16FN5O2S. The number of hydrogen-bond acceptors (Lipinski definition) is 5. The normalized spacial score (nSPS) is 11.4. The van der Waals surface area contributed by atoms with Crippen molar-refractivity contribution in [3.8, 4) is 11.5 Å². The van der Waals surface area contributed by atoms with Gasteiger partial charge in [0.15, 0.2) is 5.76 Å². The number of anilines is 1. The highest BCUT2D eigenvalue weighted by atomic mass is 32.1. The Morgan fingerprint density at radius 2 is 2.08 bits per heavy atom. The van der Waals surface area contributed by atoms with Gasteiger partial charge in [0.2, 0.25) is 17.0 Å². The van der Waals surface area contributed by atoms with E-state index in [-0.39, 0.29) is 17.7 Å². The van der Waals surface area contributed by atoms with Gasteiger partial charge in [-0.25, -0.2) is 9.37 Å². The molecule has 26 heavy (non-hydrogen) atoms. The number of nitrogens with two attached hydrogens (primary N) is 1. The Kier molecular flexibility index (Phi) is 5.28. The SMILES string of the molecule is CC(=O)NCc1ccc(-c2csc(/N=C(\N)Nc3ccc(F)cc3)n2)o1. The molecule has 4 N–H and O–H groups in total. The van der Waals surface area contributed by atoms with Crippen LogP contribution >= 0.6 is 11.3 Å². The summed E-state index contributed by atoms with van der Waals surface area (Å²) in [5.74, 6) is 0.895. The minimum absolute atomic E-state index is 0.127. The summed E-state index contributed by atoms with van der Waals surface area (Å²) in [5.41, 5.74) is 7.09. The number of amides is 1. The van der Waals surface area contributed by atoms with Crippen LogP contribution in [0, 0.1) is 5.82 Å². The number of aromatic nitrogens is 1. The summed E-state index contributed by atoms with van der Waals surface area (Å²) < 4.78 is 18.5. The van der Waals surface area contributed by atoms with Crippen LogP contribution in [-0.4, -0.2) is 16.9 Å². The molecule has 0 saturated heterocycles. The summed E-state index contributed by atoms with van der Waals surface area (Å²) in [6, 6.07) is 9.33. The molecule has 2 aromatic heterocycles. The zero-order chi connectivity index (χ0) is 18.5. The first-order chi connectivity index (χ1) is 12.5. The Balaban J connectivity index is 1.67. The van der Waals surface area contributed by atoms with E-state index in [0.717, 1.165) is 0 Å². The second kappa shape index (κ2) is 7.79. The van der Waals surface area contributed by atoms with Crippen LogP contribution in [0.15, 0.2) is 51.2 Å². The van der Waals surface area contributed by atoms with E-state index in [1.165, 1.54) is 30.4 Å². The standard InChI is InChI=1S/C17H16FN5O2S/c1-10(24)20-8-13-6-7-15(25-13)14-9-26-17(22-14)23-16(19)21-12-4-2-11(18)3-5-12/h2-7,9H,8H2,1H3,(H,20,24)(H3,19,21,22,23). The highest BCUT2D eigenvalue weighted by molar-refractivity contribution is 7.13. The number of benzene rings is 1. The summed E-state index contributed by atoms with van der Waals surface area (Å²) in [7, 11) is 0. The summed E-state index contributed by atoms with van der Waals surface area (Å²) in [4.78, 5) is 19.5. The third kappa shape index (κ3) is 4.67. The van der Waals surface area contributed by atoms with Crippen LogP contribution in [0.1, 0.15) is 12.7 Å². The lowest BCUT2D eigenvalue weighted by Crippen LogP contribution is -2.21. The van der Waals surface area contributed by atoms with Crippen molar-refractivity contribution in [2.24, 2.45) is 10.7 Å². The quantitative estimate of drug-likeness (QED) is 0.470. The number of guanidine groups is 1. The molecule has 0 aliphatic carbocycles. The Bertz CT molecular complexity index is 933. The van der Waals surface area contributed by atoms with Crippen molar-refractivity contribution in [2.45, 2.75) is 13.5 Å². The maximum atomic E-state index is 12.9. The first kappa shape index (κ1) is 17.6. The number of thiazole rings is 1. The van der Waals surface area contributed by atoms with E-state index >= 15 is 0 Å². The van der Waals surface area contributed by atoms with Gasteiger partial charge in [0.25, 0.3) is 0 Å². The number of rotatable bonds is 5. The van der Waals surface area contributed by atoms with Crippen molar-refractivity contribution >= 4 is 34.0 Å². The molecule has 1 amide bonds. The molecule has 0 bridgehead atoms. The second-order valence-corrected chi connectivity index (χ2v) is 6.16. The van der Waals surface area contributed by atoms with E-state index < -0.39 is 0 Å². The van der Waals surface area contributed by atoms with Crippen LogP contribution in [0.2, 0.25) is 0 Å². The zero-order valence-electron chi connectivity index (χ0n) is 13.8. The number of furan rings is 1. The number of nitrogens with zero attached hydrogens (tertiary/aromatic N) is 2. The van der Waals surface area contributed by atoms with Crippen LogP contribution in [0.3, 0.4) is 0 Å². The molecule has 0 fully saturated rings. The first-order valence-corrected chi connectivity index (χ1v) is 8.53. The lowest BCUT2D eigenvalue weighted by atomic mass is 10.3. The monoisotopic (exact) mass is 373 g/mol. The molecule has 0 unspecified atom stereocenters. The fourth-order valence-electron chi connectivity index (χ4n) is 2.06. The van der Waals surface area contributed by atoms with Crippen molar-refractivity contribution in [2.75, 3.05) is 5.32 Å². The van der Waals surface area contributed by atoms with Gasteiger partial charge in [0.05, 0.1) is 6.54 Å². The van der Waals surface area contributed by atoms with Crippen molar-refractivity contribution in [3.63, 3.8) is 0 Å². The molecular weight excluding hydrogens is 357 g/mol. The predicted octanol–water partition coefficient (Wildman–Crippen LogP) is 3.24. The lowest BCUT2D eigenvalue weighted by molar-refractivity contribution is -0.119. The van der Waals surface area contributed by atoms with Crippen molar-refractivity contribution in [1.29, 1.82) is 0 Å². The number of halogens is 1. The summed E-state index contributed by atoms with van der Waals surface area (Å²) >= 11 is 1.30. The number of carbonyl (C=O) groups excluding carboxylic acids is 1. The van der Waals surface area contributed by atoms with Crippen LogP contribution in [-0.2, 0) is 11.3 Å². The van der Waals surface area contributed by atoms with Gasteiger partial charge in [-0.05, 0) is 36.4 Å². The maximum absolute atomic E-state index is 12.9. The molecule has 2 heterocycles. The minimum Gasteiger partial charge on any atom is -0.458 e. The summed E-state index contributed by atoms with van der Waals surface area (Å²) in [6.07, 6.45) is 0. The third-order valence-corrected chi connectivity index (χ3v) is 3.98. The van der Waals surface area contributed by atoms with Crippen LogP contribution in [0.4, 0.5) is 15.2 Å². The smallest absolute Gasteiger partial charge is 0.217 e. The van der Waals surface area contributed by atoms with E-state index in [0.29, 0.717) is 34.6 Å². The van der Waals surface area contributed by atoms with Crippen LogP contribution < -0.4 is 16.4 Å². The van der Waals surface area contributed by atoms with Crippen molar-refractivity contribution < 1.29 is 13.6 Å². The van der Waals surface area contributed by atoms with E-state index in [2.05, 4.69) is 20.6 Å². The van der Waals surface area contributed by atoms with Crippen LogP contribution in [0.5, 0.6) is 0 Å². The Hall–Kier alpha value is -3.20. The topological polar surface area (TPSA) is 106 Å². The fourth-order valence-corrected chi connectivity index (χ4v) is 2.75. The molecule has 134 valence electrons. The van der Waals surface area contributed by atoms with Gasteiger partial charge >= 0.3 is 0 Å². The average Bonchev–Trinajstić information content (AvgIpc) is 3.24. The molecule has 9 heteroatoms. The van der Waals surface area contributed by atoms with E-state index in [4.69, 9.17) is 10.2 Å². The highest BCUT2D eigenvalue weighted by Crippen LogP contribution is 2.28. The highest BCUT2D eigenvalue weighted by Gasteiger charge is 2.10. The second-order valence-electron chi connectivity index (χ2n) is 5.32. The zero-order valence-corrected chi connectivity index (χ0v) is 14.6. The van der Waals surface area contributed by atoms with Crippen molar-refractivity contribution in [1.82, 2.24) is 10.3 Å². The summed E-state index contributed by atoms with van der Waals surface area (Å²) in [5, 5.41) is 7.77. The van der Waals surface area contributed by atoms with E-state index in [9.17, 15) is 9.18 Å². The fraction of sp³-hybridized carbons (Fsp3) is 0.118. The molecule has 0 spiro atoms. The molecule has 0 atom stereocenters. The molecule has 0 saturated carbocycles. The van der Waals surface area contributed by atoms with Gasteiger partial charge in [-0.3, -0.25) is 4.79 Å². The molecule has 0 aliphatic heterocycles. The number of nitrogens with one attached hydrogen (secondary N) is 2. The Labute approximate surface area is 152 Å². The molecule has 1 aromatic carbocycles. The molecule has 7 nitrogen and oxygen atoms in total. The van der Waals surface area contributed by atoms with Gasteiger partial charge in [0, 0.05) is 18.0 Å². The van der Waals surface area contributed by atoms with Gasteiger partial charge < -0.3 is 20.8 Å². The number of hydrogen-bond donors (Lipinski definition) is 3. The Morgan fingerprint density at radius 1 is 1.31 bits per heavy atom. The lowest BCUT2D eigenvalue weighted by Gasteiger charge is -2.03. The number of aliphatic imine (C=N–C) groups is 1. The Morgan fingerprint density at radius 3 is 2.81 bits per heavy atom.